The highest BCUT2D eigenvalue weighted by atomic mass is 32.2. The molecule has 0 aliphatic carbocycles. The van der Waals surface area contributed by atoms with Crippen LogP contribution in [-0.2, 0) is 0 Å². The van der Waals surface area contributed by atoms with Gasteiger partial charge in [-0.3, -0.25) is 9.78 Å². The molecule has 0 atom stereocenters. The summed E-state index contributed by atoms with van der Waals surface area (Å²) in [5, 5.41) is 4.27. The van der Waals surface area contributed by atoms with Crippen molar-refractivity contribution in [2.24, 2.45) is 0 Å². The highest BCUT2D eigenvalue weighted by Crippen LogP contribution is 2.36. The standard InChI is InChI=1S/C23H26N2O3S/c1-4-8-19(26)17-15-24-23-16(9-7-12-21(23)28-13-14-29-3)22(17)25-18-10-5-6-11-20(18)27-2/h5-7,9-12,15H,4,8,13-14H2,1-3H3,(H,24,25). The van der Waals surface area contributed by atoms with E-state index in [0.29, 0.717) is 30.1 Å². The van der Waals surface area contributed by atoms with E-state index in [9.17, 15) is 4.79 Å². The number of anilines is 2. The lowest BCUT2D eigenvalue weighted by Gasteiger charge is -2.17. The molecule has 0 spiro atoms. The van der Waals surface area contributed by atoms with E-state index in [1.165, 1.54) is 0 Å². The summed E-state index contributed by atoms with van der Waals surface area (Å²) in [6.07, 6.45) is 4.95. The highest BCUT2D eigenvalue weighted by molar-refractivity contribution is 7.98. The highest BCUT2D eigenvalue weighted by Gasteiger charge is 2.18. The smallest absolute Gasteiger partial charge is 0.166 e. The van der Waals surface area contributed by atoms with Gasteiger partial charge in [0.05, 0.1) is 30.7 Å². The molecule has 0 saturated heterocycles. The number of para-hydroxylation sites is 3. The molecule has 0 aliphatic heterocycles. The molecule has 0 fully saturated rings. The van der Waals surface area contributed by atoms with Crippen molar-refractivity contribution in [1.82, 2.24) is 4.98 Å². The molecule has 3 aromatic rings. The Morgan fingerprint density at radius 2 is 1.93 bits per heavy atom. The molecule has 1 heterocycles. The lowest BCUT2D eigenvalue weighted by atomic mass is 10.0. The molecule has 5 nitrogen and oxygen atoms in total. The number of nitrogens with zero attached hydrogens (tertiary/aromatic N) is 1. The number of thioether (sulfide) groups is 1. The van der Waals surface area contributed by atoms with Crippen LogP contribution in [0.1, 0.15) is 30.1 Å². The minimum absolute atomic E-state index is 0.0630. The van der Waals surface area contributed by atoms with Gasteiger partial charge in [-0.15, -0.1) is 0 Å². The van der Waals surface area contributed by atoms with E-state index in [4.69, 9.17) is 9.47 Å². The van der Waals surface area contributed by atoms with E-state index in [1.54, 1.807) is 25.1 Å². The van der Waals surface area contributed by atoms with Crippen LogP contribution in [0.5, 0.6) is 11.5 Å². The zero-order chi connectivity index (χ0) is 20.6. The molecular weight excluding hydrogens is 384 g/mol. The van der Waals surface area contributed by atoms with Crippen LogP contribution in [0.25, 0.3) is 10.9 Å². The van der Waals surface area contributed by atoms with Crippen molar-refractivity contribution >= 4 is 39.8 Å². The SMILES string of the molecule is CCCC(=O)c1cnc2c(OCCSC)cccc2c1Nc1ccccc1OC. The maximum atomic E-state index is 12.8. The fourth-order valence-corrected chi connectivity index (χ4v) is 3.39. The largest absolute Gasteiger partial charge is 0.495 e. The zero-order valence-corrected chi connectivity index (χ0v) is 17.8. The lowest BCUT2D eigenvalue weighted by Crippen LogP contribution is -2.07. The fraction of sp³-hybridized carbons (Fsp3) is 0.304. The first-order valence-corrected chi connectivity index (χ1v) is 11.1. The second kappa shape index (κ2) is 10.2. The molecule has 0 bridgehead atoms. The number of ether oxygens (including phenoxy) is 2. The number of fused-ring (bicyclic) bond motifs is 1. The normalized spacial score (nSPS) is 10.7. The summed E-state index contributed by atoms with van der Waals surface area (Å²) in [5.41, 5.74) is 2.83. The number of aromatic nitrogens is 1. The van der Waals surface area contributed by atoms with E-state index >= 15 is 0 Å². The quantitative estimate of drug-likeness (QED) is 0.341. The predicted molar refractivity (Wildman–Crippen MR) is 121 cm³/mol. The van der Waals surface area contributed by atoms with Gasteiger partial charge in [0.15, 0.2) is 5.78 Å². The average molecular weight is 411 g/mol. The number of hydrogen-bond donors (Lipinski definition) is 1. The summed E-state index contributed by atoms with van der Waals surface area (Å²) < 4.78 is 11.4. The number of benzene rings is 2. The summed E-state index contributed by atoms with van der Waals surface area (Å²) in [5.74, 6) is 2.39. The topological polar surface area (TPSA) is 60.5 Å². The van der Waals surface area contributed by atoms with E-state index in [0.717, 1.165) is 34.5 Å². The molecule has 1 aromatic heterocycles. The van der Waals surface area contributed by atoms with Crippen molar-refractivity contribution in [2.45, 2.75) is 19.8 Å². The van der Waals surface area contributed by atoms with E-state index in [1.807, 2.05) is 55.6 Å². The van der Waals surface area contributed by atoms with Gasteiger partial charge in [-0.1, -0.05) is 31.2 Å². The van der Waals surface area contributed by atoms with Gasteiger partial charge in [-0.2, -0.15) is 11.8 Å². The van der Waals surface area contributed by atoms with Gasteiger partial charge in [-0.05, 0) is 30.9 Å². The molecule has 0 unspecified atom stereocenters. The lowest BCUT2D eigenvalue weighted by molar-refractivity contribution is 0.0982. The van der Waals surface area contributed by atoms with E-state index < -0.39 is 0 Å². The number of hydrogen-bond acceptors (Lipinski definition) is 6. The predicted octanol–water partition coefficient (Wildman–Crippen LogP) is 5.71. The van der Waals surface area contributed by atoms with Gasteiger partial charge in [0.25, 0.3) is 0 Å². The summed E-state index contributed by atoms with van der Waals surface area (Å²) in [4.78, 5) is 17.4. The fourth-order valence-electron chi connectivity index (χ4n) is 3.14. The molecule has 0 radical (unpaired) electrons. The Hall–Kier alpha value is -2.73. The van der Waals surface area contributed by atoms with Crippen LogP contribution in [0.4, 0.5) is 11.4 Å². The Bertz CT molecular complexity index is 991. The number of rotatable bonds is 10. The second-order valence-corrected chi connectivity index (χ2v) is 7.52. The molecule has 2 aromatic carbocycles. The molecular formula is C23H26N2O3S. The van der Waals surface area contributed by atoms with Crippen LogP contribution in [0.15, 0.2) is 48.7 Å². The van der Waals surface area contributed by atoms with Crippen molar-refractivity contribution in [3.8, 4) is 11.5 Å². The molecule has 0 saturated carbocycles. The maximum absolute atomic E-state index is 12.8. The third kappa shape index (κ3) is 4.82. The Morgan fingerprint density at radius 3 is 2.69 bits per heavy atom. The van der Waals surface area contributed by atoms with Crippen LogP contribution < -0.4 is 14.8 Å². The number of pyridine rings is 1. The first kappa shape index (κ1) is 21.0. The molecule has 0 aliphatic rings. The molecule has 152 valence electrons. The summed E-state index contributed by atoms with van der Waals surface area (Å²) in [6, 6.07) is 13.5. The van der Waals surface area contributed by atoms with Crippen LogP contribution in [-0.4, -0.2) is 36.5 Å². The van der Waals surface area contributed by atoms with E-state index in [2.05, 4.69) is 10.3 Å². The molecule has 3 rings (SSSR count). The minimum atomic E-state index is 0.0630. The Kier molecular flexibility index (Phi) is 7.36. The van der Waals surface area contributed by atoms with Crippen LogP contribution in [0.2, 0.25) is 0 Å². The van der Waals surface area contributed by atoms with Gasteiger partial charge in [0, 0.05) is 23.8 Å². The van der Waals surface area contributed by atoms with Crippen LogP contribution in [0, 0.1) is 0 Å². The van der Waals surface area contributed by atoms with Gasteiger partial charge in [0.1, 0.15) is 17.0 Å². The van der Waals surface area contributed by atoms with Gasteiger partial charge >= 0.3 is 0 Å². The molecule has 6 heteroatoms. The van der Waals surface area contributed by atoms with Crippen molar-refractivity contribution in [1.29, 1.82) is 0 Å². The van der Waals surface area contributed by atoms with Crippen LogP contribution in [0.3, 0.4) is 0 Å². The number of ketones is 1. The van der Waals surface area contributed by atoms with Crippen molar-refractivity contribution in [2.75, 3.05) is 31.0 Å². The number of methoxy groups -OCH3 is 1. The first-order valence-electron chi connectivity index (χ1n) is 9.66. The molecule has 0 amide bonds. The number of nitrogens with one attached hydrogen (secondary N) is 1. The first-order chi connectivity index (χ1) is 14.2. The minimum Gasteiger partial charge on any atom is -0.495 e. The third-order valence-corrected chi connectivity index (χ3v) is 5.12. The van der Waals surface area contributed by atoms with Crippen molar-refractivity contribution in [3.05, 3.63) is 54.2 Å². The number of carbonyl (C=O) groups is 1. The van der Waals surface area contributed by atoms with Gasteiger partial charge in [0.2, 0.25) is 0 Å². The number of carbonyl (C=O) groups excluding carboxylic acids is 1. The molecule has 1 N–H and O–H groups in total. The van der Waals surface area contributed by atoms with Crippen molar-refractivity contribution in [3.63, 3.8) is 0 Å². The van der Waals surface area contributed by atoms with Gasteiger partial charge in [-0.25, -0.2) is 0 Å². The Labute approximate surface area is 175 Å². The average Bonchev–Trinajstić information content (AvgIpc) is 2.75. The Balaban J connectivity index is 2.13. The monoisotopic (exact) mass is 410 g/mol. The third-order valence-electron chi connectivity index (χ3n) is 4.55. The van der Waals surface area contributed by atoms with Crippen molar-refractivity contribution < 1.29 is 14.3 Å². The summed E-state index contributed by atoms with van der Waals surface area (Å²) in [7, 11) is 1.63. The summed E-state index contributed by atoms with van der Waals surface area (Å²) in [6.45, 7) is 2.60. The Morgan fingerprint density at radius 1 is 1.14 bits per heavy atom. The molecule has 29 heavy (non-hydrogen) atoms. The number of Topliss-reactive ketones (excluding diaryl/α,β-unsaturated/α-hetero) is 1. The van der Waals surface area contributed by atoms with Gasteiger partial charge < -0.3 is 14.8 Å². The van der Waals surface area contributed by atoms with E-state index in [-0.39, 0.29) is 5.78 Å². The zero-order valence-electron chi connectivity index (χ0n) is 17.0. The maximum Gasteiger partial charge on any atom is 0.166 e. The van der Waals surface area contributed by atoms with Crippen LogP contribution >= 0.6 is 11.8 Å². The summed E-state index contributed by atoms with van der Waals surface area (Å²) >= 11 is 1.73. The second-order valence-electron chi connectivity index (χ2n) is 6.54.